The van der Waals surface area contributed by atoms with Gasteiger partial charge in [0, 0.05) is 6.92 Å². The number of allylic oxidation sites excluding steroid dienone is 3. The molecule has 90 valence electrons. The second-order valence-electron chi connectivity index (χ2n) is 5.54. The van der Waals surface area contributed by atoms with Gasteiger partial charge in [-0.1, -0.05) is 36.5 Å². The van der Waals surface area contributed by atoms with Crippen molar-refractivity contribution in [2.45, 2.75) is 46.3 Å². The maximum Gasteiger partial charge on any atom is 0.302 e. The molecule has 0 N–H and O–H groups in total. The Morgan fingerprint density at radius 3 is 2.56 bits per heavy atom. The molecule has 3 heteroatoms. The molecule has 2 nitrogen and oxygen atoms in total. The minimum atomic E-state index is -1.29. The normalized spacial score (nSPS) is 17.2. The van der Waals surface area contributed by atoms with Crippen molar-refractivity contribution in [2.75, 3.05) is 6.61 Å². The van der Waals surface area contributed by atoms with E-state index < -0.39 is 8.07 Å². The summed E-state index contributed by atoms with van der Waals surface area (Å²) in [7, 11) is -1.29. The first-order chi connectivity index (χ1) is 7.30. The summed E-state index contributed by atoms with van der Waals surface area (Å²) < 4.78 is 5.14. The van der Waals surface area contributed by atoms with Gasteiger partial charge in [-0.25, -0.2) is 0 Å². The van der Waals surface area contributed by atoms with Crippen LogP contribution in [-0.4, -0.2) is 20.7 Å². The average molecular weight is 238 g/mol. The summed E-state index contributed by atoms with van der Waals surface area (Å²) in [6.07, 6.45) is 4.29. The molecule has 0 amide bonds. The topological polar surface area (TPSA) is 26.3 Å². The van der Waals surface area contributed by atoms with E-state index in [4.69, 9.17) is 4.74 Å². The van der Waals surface area contributed by atoms with E-state index in [1.807, 2.05) is 0 Å². The zero-order chi connectivity index (χ0) is 12.3. The molecule has 0 heterocycles. The predicted octanol–water partition coefficient (Wildman–Crippen LogP) is 3.46. The van der Waals surface area contributed by atoms with E-state index in [0.717, 1.165) is 12.8 Å². The SMILES string of the molecule is CC(=O)OCC1=C([Si](C)(C)C)CC(C)=CC1. The van der Waals surface area contributed by atoms with Crippen LogP contribution in [-0.2, 0) is 9.53 Å². The molecule has 0 aliphatic heterocycles. The molecule has 0 saturated heterocycles. The number of rotatable bonds is 3. The van der Waals surface area contributed by atoms with Crippen molar-refractivity contribution in [3.8, 4) is 0 Å². The largest absolute Gasteiger partial charge is 0.461 e. The smallest absolute Gasteiger partial charge is 0.302 e. The van der Waals surface area contributed by atoms with Crippen LogP contribution in [0.1, 0.15) is 26.7 Å². The number of hydrogen-bond acceptors (Lipinski definition) is 2. The Balaban J connectivity index is 2.85. The third-order valence-electron chi connectivity index (χ3n) is 2.93. The lowest BCUT2D eigenvalue weighted by Crippen LogP contribution is -2.28. The molecular weight excluding hydrogens is 216 g/mol. The lowest BCUT2D eigenvalue weighted by Gasteiger charge is -2.28. The second kappa shape index (κ2) is 5.00. The van der Waals surface area contributed by atoms with Gasteiger partial charge in [0.25, 0.3) is 0 Å². The fraction of sp³-hybridized carbons (Fsp3) is 0.615. The Hall–Kier alpha value is -0.833. The molecular formula is C13H22O2Si. The van der Waals surface area contributed by atoms with Crippen LogP contribution < -0.4 is 0 Å². The van der Waals surface area contributed by atoms with Gasteiger partial charge in [0.1, 0.15) is 6.61 Å². The fourth-order valence-corrected chi connectivity index (χ4v) is 4.07. The van der Waals surface area contributed by atoms with Gasteiger partial charge in [-0.3, -0.25) is 4.79 Å². The van der Waals surface area contributed by atoms with Crippen molar-refractivity contribution in [2.24, 2.45) is 0 Å². The van der Waals surface area contributed by atoms with E-state index in [2.05, 4.69) is 32.6 Å². The van der Waals surface area contributed by atoms with Crippen LogP contribution in [0.2, 0.25) is 19.6 Å². The van der Waals surface area contributed by atoms with Crippen LogP contribution in [0.5, 0.6) is 0 Å². The van der Waals surface area contributed by atoms with Crippen LogP contribution in [0.3, 0.4) is 0 Å². The Morgan fingerprint density at radius 2 is 2.06 bits per heavy atom. The molecule has 0 saturated carbocycles. The standard InChI is InChI=1S/C13H22O2Si/c1-10-6-7-12(9-15-11(2)14)13(8-10)16(3,4)5/h6H,7-9H2,1-5H3. The highest BCUT2D eigenvalue weighted by Crippen LogP contribution is 2.31. The fourth-order valence-electron chi connectivity index (χ4n) is 2.03. The van der Waals surface area contributed by atoms with Gasteiger partial charge in [0.05, 0.1) is 8.07 Å². The Morgan fingerprint density at radius 1 is 1.44 bits per heavy atom. The van der Waals surface area contributed by atoms with Gasteiger partial charge in [-0.2, -0.15) is 0 Å². The van der Waals surface area contributed by atoms with Crippen molar-refractivity contribution in [3.05, 3.63) is 22.4 Å². The molecule has 0 spiro atoms. The first-order valence-electron chi connectivity index (χ1n) is 5.81. The maximum atomic E-state index is 10.9. The number of hydrogen-bond donors (Lipinski definition) is 0. The first kappa shape index (κ1) is 13.2. The van der Waals surface area contributed by atoms with E-state index in [-0.39, 0.29) is 5.97 Å². The molecule has 0 unspecified atom stereocenters. The van der Waals surface area contributed by atoms with Crippen molar-refractivity contribution in [1.82, 2.24) is 0 Å². The van der Waals surface area contributed by atoms with Gasteiger partial charge in [0.15, 0.2) is 0 Å². The monoisotopic (exact) mass is 238 g/mol. The molecule has 16 heavy (non-hydrogen) atoms. The van der Waals surface area contributed by atoms with Gasteiger partial charge in [-0.15, -0.1) is 0 Å². The first-order valence-corrected chi connectivity index (χ1v) is 9.31. The molecule has 0 atom stereocenters. The number of esters is 1. The Bertz CT molecular complexity index is 345. The lowest BCUT2D eigenvalue weighted by molar-refractivity contribution is -0.140. The summed E-state index contributed by atoms with van der Waals surface area (Å²) in [6.45, 7) is 11.2. The highest BCUT2D eigenvalue weighted by Gasteiger charge is 2.25. The lowest BCUT2D eigenvalue weighted by atomic mass is 10.0. The van der Waals surface area contributed by atoms with E-state index >= 15 is 0 Å². The molecule has 0 aromatic carbocycles. The van der Waals surface area contributed by atoms with E-state index in [1.54, 1.807) is 5.20 Å². The molecule has 0 aromatic rings. The Labute approximate surface area is 99.4 Å². The molecule has 0 aromatic heterocycles. The second-order valence-corrected chi connectivity index (χ2v) is 10.6. The summed E-state index contributed by atoms with van der Waals surface area (Å²) >= 11 is 0. The van der Waals surface area contributed by atoms with E-state index in [0.29, 0.717) is 6.61 Å². The third-order valence-corrected chi connectivity index (χ3v) is 5.28. The van der Waals surface area contributed by atoms with Crippen LogP contribution in [0.4, 0.5) is 0 Å². The summed E-state index contributed by atoms with van der Waals surface area (Å²) in [6, 6.07) is 0. The highest BCUT2D eigenvalue weighted by molar-refractivity contribution is 6.83. The van der Waals surface area contributed by atoms with E-state index in [1.165, 1.54) is 18.1 Å². The van der Waals surface area contributed by atoms with Gasteiger partial charge < -0.3 is 4.74 Å². The predicted molar refractivity (Wildman–Crippen MR) is 70.0 cm³/mol. The highest BCUT2D eigenvalue weighted by atomic mass is 28.3. The van der Waals surface area contributed by atoms with E-state index in [9.17, 15) is 4.79 Å². The van der Waals surface area contributed by atoms with Crippen molar-refractivity contribution in [1.29, 1.82) is 0 Å². The summed E-state index contributed by atoms with van der Waals surface area (Å²) in [5, 5.41) is 1.56. The number of carbonyl (C=O) groups excluding carboxylic acids is 1. The quantitative estimate of drug-likeness (QED) is 0.427. The van der Waals surface area contributed by atoms with Crippen LogP contribution in [0.15, 0.2) is 22.4 Å². The molecule has 0 bridgehead atoms. The third kappa shape index (κ3) is 3.63. The minimum absolute atomic E-state index is 0.186. The maximum absolute atomic E-state index is 10.9. The van der Waals surface area contributed by atoms with Gasteiger partial charge >= 0.3 is 5.97 Å². The zero-order valence-corrected chi connectivity index (χ0v) is 12.0. The molecule has 0 fully saturated rings. The molecule has 1 aliphatic rings. The summed E-state index contributed by atoms with van der Waals surface area (Å²) in [5.74, 6) is -0.186. The molecule has 0 radical (unpaired) electrons. The summed E-state index contributed by atoms with van der Waals surface area (Å²) in [4.78, 5) is 10.9. The minimum Gasteiger partial charge on any atom is -0.461 e. The summed E-state index contributed by atoms with van der Waals surface area (Å²) in [5.41, 5.74) is 2.78. The molecule has 1 aliphatic carbocycles. The van der Waals surface area contributed by atoms with Crippen molar-refractivity contribution >= 4 is 14.0 Å². The van der Waals surface area contributed by atoms with Crippen LogP contribution >= 0.6 is 0 Å². The number of carbonyl (C=O) groups is 1. The van der Waals surface area contributed by atoms with Crippen molar-refractivity contribution < 1.29 is 9.53 Å². The number of ether oxygens (including phenoxy) is 1. The average Bonchev–Trinajstić information content (AvgIpc) is 2.14. The van der Waals surface area contributed by atoms with Crippen LogP contribution in [0, 0.1) is 0 Å². The Kier molecular flexibility index (Phi) is 4.13. The van der Waals surface area contributed by atoms with Crippen molar-refractivity contribution in [3.63, 3.8) is 0 Å². The van der Waals surface area contributed by atoms with Gasteiger partial charge in [-0.05, 0) is 25.3 Å². The van der Waals surface area contributed by atoms with Gasteiger partial charge in [0.2, 0.25) is 0 Å². The zero-order valence-electron chi connectivity index (χ0n) is 11.0. The van der Waals surface area contributed by atoms with Crippen LogP contribution in [0.25, 0.3) is 0 Å². The molecule has 1 rings (SSSR count).